The van der Waals surface area contributed by atoms with E-state index < -0.39 is 5.97 Å². The highest BCUT2D eigenvalue weighted by atomic mass is 35.5. The first-order chi connectivity index (χ1) is 10.2. The summed E-state index contributed by atoms with van der Waals surface area (Å²) in [5, 5.41) is 3.05. The summed E-state index contributed by atoms with van der Waals surface area (Å²) in [5.41, 5.74) is 0.841. The minimum absolute atomic E-state index is 0.0412. The Kier molecular flexibility index (Phi) is 4.94. The van der Waals surface area contributed by atoms with Crippen molar-refractivity contribution in [1.82, 2.24) is 9.97 Å². The van der Waals surface area contributed by atoms with Gasteiger partial charge < -0.3 is 14.8 Å². The molecular weight excluding hydrogens is 294 g/mol. The fourth-order valence-electron chi connectivity index (χ4n) is 1.65. The predicted molar refractivity (Wildman–Crippen MR) is 79.3 cm³/mol. The molecule has 2 rings (SSSR count). The van der Waals surface area contributed by atoms with Crippen LogP contribution in [0.4, 0.5) is 11.5 Å². The van der Waals surface area contributed by atoms with E-state index in [4.69, 9.17) is 21.1 Å². The molecule has 0 bridgehead atoms. The van der Waals surface area contributed by atoms with Crippen molar-refractivity contribution in [2.45, 2.75) is 6.92 Å². The van der Waals surface area contributed by atoms with Gasteiger partial charge in [-0.25, -0.2) is 14.8 Å². The number of carbonyl (C=O) groups excluding carboxylic acids is 1. The molecular formula is C14H14ClN3O3. The monoisotopic (exact) mass is 307 g/mol. The Hall–Kier alpha value is -2.34. The first-order valence-corrected chi connectivity index (χ1v) is 6.62. The van der Waals surface area contributed by atoms with E-state index >= 15 is 0 Å². The molecule has 21 heavy (non-hydrogen) atoms. The normalized spacial score (nSPS) is 10.0. The minimum atomic E-state index is -0.570. The van der Waals surface area contributed by atoms with Gasteiger partial charge in [-0.1, -0.05) is 11.6 Å². The van der Waals surface area contributed by atoms with Crippen LogP contribution >= 0.6 is 11.6 Å². The minimum Gasteiger partial charge on any atom is -0.497 e. The van der Waals surface area contributed by atoms with Gasteiger partial charge >= 0.3 is 5.97 Å². The number of esters is 1. The van der Waals surface area contributed by atoms with Crippen LogP contribution < -0.4 is 10.1 Å². The third-order valence-electron chi connectivity index (χ3n) is 2.63. The number of benzene rings is 1. The Morgan fingerprint density at radius 1 is 1.29 bits per heavy atom. The molecule has 2 aromatic rings. The van der Waals surface area contributed by atoms with E-state index in [9.17, 15) is 4.79 Å². The number of hydrogen-bond donors (Lipinski definition) is 1. The Morgan fingerprint density at radius 2 is 2.00 bits per heavy atom. The van der Waals surface area contributed by atoms with E-state index in [2.05, 4.69) is 15.3 Å². The highest BCUT2D eigenvalue weighted by Gasteiger charge is 2.19. The van der Waals surface area contributed by atoms with Crippen LogP contribution in [0.1, 0.15) is 17.3 Å². The second-order valence-corrected chi connectivity index (χ2v) is 4.32. The quantitative estimate of drug-likeness (QED) is 0.676. The van der Waals surface area contributed by atoms with Crippen molar-refractivity contribution >= 4 is 29.1 Å². The van der Waals surface area contributed by atoms with Gasteiger partial charge in [0.2, 0.25) is 0 Å². The number of aromatic nitrogens is 2. The van der Waals surface area contributed by atoms with Gasteiger partial charge in [0.25, 0.3) is 0 Å². The fourth-order valence-corrected chi connectivity index (χ4v) is 1.86. The van der Waals surface area contributed by atoms with Gasteiger partial charge in [0.15, 0.2) is 0 Å². The van der Waals surface area contributed by atoms with Crippen LogP contribution in [0.5, 0.6) is 5.75 Å². The maximum atomic E-state index is 11.9. The summed E-state index contributed by atoms with van der Waals surface area (Å²) in [5.74, 6) is 0.449. The summed E-state index contributed by atoms with van der Waals surface area (Å²) in [6.45, 7) is 1.96. The number of methoxy groups -OCH3 is 1. The molecule has 0 aliphatic rings. The Morgan fingerprint density at radius 3 is 2.62 bits per heavy atom. The Balaban J connectivity index is 2.30. The number of carbonyl (C=O) groups is 1. The lowest BCUT2D eigenvalue weighted by molar-refractivity contribution is 0.0527. The molecule has 1 heterocycles. The number of nitrogens with one attached hydrogen (secondary N) is 1. The van der Waals surface area contributed by atoms with E-state index in [-0.39, 0.29) is 17.3 Å². The lowest BCUT2D eigenvalue weighted by Gasteiger charge is -2.11. The summed E-state index contributed by atoms with van der Waals surface area (Å²) in [6.07, 6.45) is 1.27. The van der Waals surface area contributed by atoms with Gasteiger partial charge in [-0.2, -0.15) is 0 Å². The molecule has 0 spiro atoms. The van der Waals surface area contributed by atoms with Crippen molar-refractivity contribution in [3.8, 4) is 5.75 Å². The zero-order valence-corrected chi connectivity index (χ0v) is 12.3. The average molecular weight is 308 g/mol. The molecule has 1 N–H and O–H groups in total. The molecule has 6 nitrogen and oxygen atoms in total. The second kappa shape index (κ2) is 6.90. The predicted octanol–water partition coefficient (Wildman–Crippen LogP) is 3.06. The van der Waals surface area contributed by atoms with E-state index in [0.717, 1.165) is 11.4 Å². The molecule has 0 fully saturated rings. The molecule has 0 saturated carbocycles. The molecule has 0 radical (unpaired) electrons. The zero-order chi connectivity index (χ0) is 15.2. The van der Waals surface area contributed by atoms with Crippen molar-refractivity contribution in [1.29, 1.82) is 0 Å². The number of halogens is 1. The molecule has 110 valence electrons. The number of hydrogen-bond acceptors (Lipinski definition) is 6. The van der Waals surface area contributed by atoms with Crippen molar-refractivity contribution < 1.29 is 14.3 Å². The Labute approximate surface area is 127 Å². The lowest BCUT2D eigenvalue weighted by Crippen LogP contribution is -2.11. The summed E-state index contributed by atoms with van der Waals surface area (Å²) in [7, 11) is 1.59. The van der Waals surface area contributed by atoms with Crippen LogP contribution in [0.25, 0.3) is 0 Å². The van der Waals surface area contributed by atoms with Gasteiger partial charge in [-0.05, 0) is 31.2 Å². The Bertz CT molecular complexity index is 632. The molecule has 0 atom stereocenters. The third-order valence-corrected chi connectivity index (χ3v) is 2.92. The first-order valence-electron chi connectivity index (χ1n) is 6.24. The number of ether oxygens (including phenoxy) is 2. The summed E-state index contributed by atoms with van der Waals surface area (Å²) in [4.78, 5) is 19.8. The van der Waals surface area contributed by atoms with Crippen molar-refractivity contribution in [3.63, 3.8) is 0 Å². The van der Waals surface area contributed by atoms with Crippen LogP contribution in [-0.4, -0.2) is 29.7 Å². The largest absolute Gasteiger partial charge is 0.497 e. The summed E-state index contributed by atoms with van der Waals surface area (Å²) < 4.78 is 10.0. The number of nitrogens with zero attached hydrogens (tertiary/aromatic N) is 2. The zero-order valence-electron chi connectivity index (χ0n) is 11.6. The lowest BCUT2D eigenvalue weighted by atomic mass is 10.2. The molecule has 1 aromatic heterocycles. The molecule has 0 saturated heterocycles. The topological polar surface area (TPSA) is 73.3 Å². The standard InChI is InChI=1S/C14H14ClN3O3/c1-3-21-14(19)11-12(15)16-8-17-13(11)18-9-4-6-10(20-2)7-5-9/h4-8H,3H2,1-2H3,(H,16,17,18). The van der Waals surface area contributed by atoms with Crippen LogP contribution in [0.2, 0.25) is 5.15 Å². The van der Waals surface area contributed by atoms with Crippen LogP contribution in [0, 0.1) is 0 Å². The third kappa shape index (κ3) is 3.61. The molecule has 0 aliphatic carbocycles. The van der Waals surface area contributed by atoms with Crippen molar-refractivity contribution in [2.24, 2.45) is 0 Å². The van der Waals surface area contributed by atoms with E-state index in [1.54, 1.807) is 38.3 Å². The van der Waals surface area contributed by atoms with Gasteiger partial charge in [0, 0.05) is 5.69 Å². The highest BCUT2D eigenvalue weighted by molar-refractivity contribution is 6.33. The summed E-state index contributed by atoms with van der Waals surface area (Å²) in [6, 6.07) is 7.16. The van der Waals surface area contributed by atoms with E-state index in [1.165, 1.54) is 6.33 Å². The molecule has 0 amide bonds. The van der Waals surface area contributed by atoms with Gasteiger partial charge in [-0.3, -0.25) is 0 Å². The van der Waals surface area contributed by atoms with Gasteiger partial charge in [0.05, 0.1) is 13.7 Å². The average Bonchev–Trinajstić information content (AvgIpc) is 2.48. The van der Waals surface area contributed by atoms with Gasteiger partial charge in [0.1, 0.15) is 28.6 Å². The van der Waals surface area contributed by atoms with Gasteiger partial charge in [-0.15, -0.1) is 0 Å². The van der Waals surface area contributed by atoms with Crippen LogP contribution in [0.15, 0.2) is 30.6 Å². The second-order valence-electron chi connectivity index (χ2n) is 3.96. The summed E-state index contributed by atoms with van der Waals surface area (Å²) >= 11 is 5.96. The molecule has 0 unspecified atom stereocenters. The van der Waals surface area contributed by atoms with E-state index in [0.29, 0.717) is 5.82 Å². The molecule has 0 aliphatic heterocycles. The maximum Gasteiger partial charge on any atom is 0.345 e. The van der Waals surface area contributed by atoms with Crippen molar-refractivity contribution in [2.75, 3.05) is 19.0 Å². The van der Waals surface area contributed by atoms with E-state index in [1.807, 2.05) is 0 Å². The smallest absolute Gasteiger partial charge is 0.345 e. The first kappa shape index (κ1) is 15.1. The fraction of sp³-hybridized carbons (Fsp3) is 0.214. The maximum absolute atomic E-state index is 11.9. The van der Waals surface area contributed by atoms with Crippen LogP contribution in [-0.2, 0) is 4.74 Å². The number of anilines is 2. The van der Waals surface area contributed by atoms with Crippen LogP contribution in [0.3, 0.4) is 0 Å². The molecule has 7 heteroatoms. The molecule has 1 aromatic carbocycles. The number of rotatable bonds is 5. The SMILES string of the molecule is CCOC(=O)c1c(Cl)ncnc1Nc1ccc(OC)cc1. The highest BCUT2D eigenvalue weighted by Crippen LogP contribution is 2.25. The van der Waals surface area contributed by atoms with Crippen molar-refractivity contribution in [3.05, 3.63) is 41.3 Å².